The quantitative estimate of drug-likeness (QED) is 0.441. The summed E-state index contributed by atoms with van der Waals surface area (Å²) in [6, 6.07) is 9.20. The Morgan fingerprint density at radius 1 is 0.767 bits per heavy atom. The molecule has 4 aromatic rings. The number of benzene rings is 2. The third kappa shape index (κ3) is 3.14. The van der Waals surface area contributed by atoms with E-state index in [0.717, 1.165) is 11.1 Å². The number of fused-ring (bicyclic) bond motifs is 1. The van der Waals surface area contributed by atoms with Crippen molar-refractivity contribution in [3.8, 4) is 50.7 Å². The molecule has 0 fully saturated rings. The number of aromatic nitrogens is 4. The first-order valence-electron chi connectivity index (χ1n) is 8.89. The van der Waals surface area contributed by atoms with E-state index < -0.39 is 0 Å². The summed E-state index contributed by atoms with van der Waals surface area (Å²) in [5.41, 5.74) is 1.48. The molecular weight excluding hydrogens is 408 g/mol. The Morgan fingerprint density at radius 3 is 1.90 bits per heavy atom. The molecule has 0 radical (unpaired) electrons. The summed E-state index contributed by atoms with van der Waals surface area (Å²) in [5, 5.41) is 14.0. The fraction of sp³-hybridized carbons (Fsp3) is 0.250. The van der Waals surface area contributed by atoms with Crippen LogP contribution in [0, 0.1) is 0 Å². The van der Waals surface area contributed by atoms with Gasteiger partial charge in [0, 0.05) is 5.56 Å². The fourth-order valence-electron chi connectivity index (χ4n) is 3.17. The lowest BCUT2D eigenvalue weighted by atomic mass is 10.1. The van der Waals surface area contributed by atoms with Gasteiger partial charge in [0.1, 0.15) is 11.5 Å². The number of nitrogens with zero attached hydrogens (tertiary/aromatic N) is 4. The first-order valence-corrected chi connectivity index (χ1v) is 9.70. The molecule has 4 rings (SSSR count). The first-order chi connectivity index (χ1) is 14.6. The van der Waals surface area contributed by atoms with Gasteiger partial charge in [0.25, 0.3) is 0 Å². The van der Waals surface area contributed by atoms with Gasteiger partial charge >= 0.3 is 0 Å². The Morgan fingerprint density at radius 2 is 1.37 bits per heavy atom. The largest absolute Gasteiger partial charge is 0.496 e. The highest BCUT2D eigenvalue weighted by Crippen LogP contribution is 2.43. The summed E-state index contributed by atoms with van der Waals surface area (Å²) < 4.78 is 29.0. The highest BCUT2D eigenvalue weighted by molar-refractivity contribution is 7.19. The summed E-state index contributed by atoms with van der Waals surface area (Å²) in [6.07, 6.45) is 0. The van der Waals surface area contributed by atoms with E-state index in [2.05, 4.69) is 10.2 Å². The second-order valence-electron chi connectivity index (χ2n) is 6.08. The van der Waals surface area contributed by atoms with E-state index in [4.69, 9.17) is 28.8 Å². The number of rotatable bonds is 7. The molecule has 0 bridgehead atoms. The third-order valence-corrected chi connectivity index (χ3v) is 5.47. The Hall–Kier alpha value is -3.53. The van der Waals surface area contributed by atoms with E-state index in [1.54, 1.807) is 52.2 Å². The monoisotopic (exact) mass is 428 g/mol. The first kappa shape index (κ1) is 19.8. The molecule has 2 aromatic heterocycles. The van der Waals surface area contributed by atoms with Crippen LogP contribution in [0.5, 0.6) is 28.7 Å². The summed E-state index contributed by atoms with van der Waals surface area (Å²) in [6.45, 7) is 0. The van der Waals surface area contributed by atoms with Crippen molar-refractivity contribution in [2.24, 2.45) is 0 Å². The van der Waals surface area contributed by atoms with Crippen LogP contribution >= 0.6 is 11.3 Å². The molecule has 10 heteroatoms. The zero-order valence-electron chi connectivity index (χ0n) is 17.1. The Bertz CT molecular complexity index is 1160. The van der Waals surface area contributed by atoms with Crippen molar-refractivity contribution >= 4 is 16.3 Å². The number of ether oxygens (including phenoxy) is 5. The van der Waals surface area contributed by atoms with Crippen LogP contribution in [0.3, 0.4) is 0 Å². The zero-order valence-corrected chi connectivity index (χ0v) is 17.9. The Kier molecular flexibility index (Phi) is 5.32. The van der Waals surface area contributed by atoms with E-state index in [1.807, 2.05) is 18.2 Å². The molecule has 2 aromatic carbocycles. The van der Waals surface area contributed by atoms with Crippen molar-refractivity contribution in [2.45, 2.75) is 0 Å². The molecule has 0 saturated heterocycles. The number of hydrogen-bond acceptors (Lipinski definition) is 9. The maximum absolute atomic E-state index is 5.51. The predicted molar refractivity (Wildman–Crippen MR) is 112 cm³/mol. The topological polar surface area (TPSA) is 89.2 Å². The summed E-state index contributed by atoms with van der Waals surface area (Å²) in [4.78, 5) is 0.627. The molecule has 0 aliphatic rings. The molecule has 156 valence electrons. The number of hydrogen-bond donors (Lipinski definition) is 0. The van der Waals surface area contributed by atoms with Gasteiger partial charge < -0.3 is 23.7 Å². The van der Waals surface area contributed by atoms with E-state index in [9.17, 15) is 0 Å². The van der Waals surface area contributed by atoms with Crippen LogP contribution in [0.1, 0.15) is 0 Å². The van der Waals surface area contributed by atoms with Gasteiger partial charge in [0.05, 0.1) is 41.1 Å². The minimum absolute atomic E-state index is 0.502. The standard InChI is InChI=1S/C20H20N4O5S/c1-25-12-7-6-8-13(26-2)16(12)19-23-24-18(21-22-20(24)30-19)11-9-14(27-3)17(29-5)15(10-11)28-4/h6-10H,1-5H3. The van der Waals surface area contributed by atoms with Crippen LogP contribution in [0.15, 0.2) is 30.3 Å². The average Bonchev–Trinajstić information content (AvgIpc) is 3.38. The lowest BCUT2D eigenvalue weighted by molar-refractivity contribution is 0.324. The van der Waals surface area contributed by atoms with Gasteiger partial charge in [0.2, 0.25) is 10.7 Å². The third-order valence-electron chi connectivity index (χ3n) is 4.56. The van der Waals surface area contributed by atoms with Crippen molar-refractivity contribution in [3.63, 3.8) is 0 Å². The van der Waals surface area contributed by atoms with Crippen molar-refractivity contribution in [1.29, 1.82) is 0 Å². The molecule has 9 nitrogen and oxygen atoms in total. The minimum atomic E-state index is 0.502. The smallest absolute Gasteiger partial charge is 0.235 e. The number of methoxy groups -OCH3 is 5. The van der Waals surface area contributed by atoms with Gasteiger partial charge in [-0.25, -0.2) is 0 Å². The normalized spacial score (nSPS) is 10.8. The SMILES string of the molecule is COc1cc(-c2nnc3sc(-c4c(OC)cccc4OC)nn23)cc(OC)c1OC. The van der Waals surface area contributed by atoms with Gasteiger partial charge in [-0.05, 0) is 24.3 Å². The fourth-order valence-corrected chi connectivity index (χ4v) is 4.06. The second-order valence-corrected chi connectivity index (χ2v) is 7.03. The summed E-state index contributed by atoms with van der Waals surface area (Å²) in [5.74, 6) is 3.40. The molecule has 0 saturated carbocycles. The maximum Gasteiger partial charge on any atom is 0.235 e. The van der Waals surface area contributed by atoms with Crippen LogP contribution in [-0.4, -0.2) is 55.4 Å². The lowest BCUT2D eigenvalue weighted by Crippen LogP contribution is -1.98. The summed E-state index contributed by atoms with van der Waals surface area (Å²) in [7, 11) is 7.91. The van der Waals surface area contributed by atoms with Gasteiger partial charge in [-0.2, -0.15) is 9.61 Å². The van der Waals surface area contributed by atoms with Crippen molar-refractivity contribution < 1.29 is 23.7 Å². The van der Waals surface area contributed by atoms with Gasteiger partial charge in [-0.15, -0.1) is 10.2 Å². The van der Waals surface area contributed by atoms with E-state index >= 15 is 0 Å². The molecule has 0 N–H and O–H groups in total. The highest BCUT2D eigenvalue weighted by Gasteiger charge is 2.22. The van der Waals surface area contributed by atoms with Crippen LogP contribution in [-0.2, 0) is 0 Å². The summed E-state index contributed by atoms with van der Waals surface area (Å²) >= 11 is 1.38. The molecule has 30 heavy (non-hydrogen) atoms. The molecule has 0 amide bonds. The molecule has 0 spiro atoms. The van der Waals surface area contributed by atoms with Crippen LogP contribution in [0.25, 0.3) is 26.9 Å². The second kappa shape index (κ2) is 8.07. The molecule has 0 aliphatic carbocycles. The molecule has 0 aliphatic heterocycles. The maximum atomic E-state index is 5.51. The minimum Gasteiger partial charge on any atom is -0.496 e. The Balaban J connectivity index is 1.89. The van der Waals surface area contributed by atoms with Crippen molar-refractivity contribution in [3.05, 3.63) is 30.3 Å². The van der Waals surface area contributed by atoms with Gasteiger partial charge in [-0.3, -0.25) is 0 Å². The zero-order chi connectivity index (χ0) is 21.3. The van der Waals surface area contributed by atoms with Crippen LogP contribution < -0.4 is 23.7 Å². The van der Waals surface area contributed by atoms with Gasteiger partial charge in [0.15, 0.2) is 22.3 Å². The van der Waals surface area contributed by atoms with Crippen molar-refractivity contribution in [1.82, 2.24) is 19.8 Å². The van der Waals surface area contributed by atoms with E-state index in [1.165, 1.54) is 11.3 Å². The molecule has 0 unspecified atom stereocenters. The molecular formula is C20H20N4O5S. The molecule has 0 atom stereocenters. The molecule has 2 heterocycles. The van der Waals surface area contributed by atoms with Crippen molar-refractivity contribution in [2.75, 3.05) is 35.5 Å². The van der Waals surface area contributed by atoms with Crippen LogP contribution in [0.4, 0.5) is 0 Å². The van der Waals surface area contributed by atoms with E-state index in [-0.39, 0.29) is 0 Å². The predicted octanol–water partition coefficient (Wildman–Crippen LogP) is 3.56. The van der Waals surface area contributed by atoms with Crippen LogP contribution in [0.2, 0.25) is 0 Å². The average molecular weight is 428 g/mol. The van der Waals surface area contributed by atoms with E-state index in [0.29, 0.717) is 44.5 Å². The Labute approximate surface area is 176 Å². The highest BCUT2D eigenvalue weighted by atomic mass is 32.1. The lowest BCUT2D eigenvalue weighted by Gasteiger charge is -2.13. The van der Waals surface area contributed by atoms with Gasteiger partial charge in [-0.1, -0.05) is 17.4 Å².